The highest BCUT2D eigenvalue weighted by Gasteiger charge is 2.25. The number of imidazole rings is 1. The van der Waals surface area contributed by atoms with Crippen LogP contribution in [0.5, 0.6) is 5.75 Å². The van der Waals surface area contributed by atoms with Crippen molar-refractivity contribution in [1.82, 2.24) is 19.8 Å². The summed E-state index contributed by atoms with van der Waals surface area (Å²) in [6.45, 7) is 4.12. The molecule has 3 rings (SSSR count). The van der Waals surface area contributed by atoms with Crippen LogP contribution in [-0.4, -0.2) is 53.6 Å². The van der Waals surface area contributed by atoms with Gasteiger partial charge in [-0.3, -0.25) is 9.80 Å². The van der Waals surface area contributed by atoms with E-state index in [0.29, 0.717) is 6.04 Å². The van der Waals surface area contributed by atoms with Crippen molar-refractivity contribution in [3.63, 3.8) is 0 Å². The van der Waals surface area contributed by atoms with Gasteiger partial charge in [0.1, 0.15) is 5.75 Å². The van der Waals surface area contributed by atoms with E-state index in [0.717, 1.165) is 31.9 Å². The Balaban J connectivity index is 1.70. The van der Waals surface area contributed by atoms with Gasteiger partial charge in [-0.05, 0) is 24.7 Å². The molecule has 1 aromatic heterocycles. The molecule has 5 heteroatoms. The van der Waals surface area contributed by atoms with Gasteiger partial charge in [-0.15, -0.1) is 0 Å². The fourth-order valence-corrected chi connectivity index (χ4v) is 2.87. The number of aromatic nitrogens is 2. The average Bonchev–Trinajstić information content (AvgIpc) is 3.02. The quantitative estimate of drug-likeness (QED) is 0.932. The fraction of sp³-hybridized carbons (Fsp3) is 0.438. The third-order valence-electron chi connectivity index (χ3n) is 4.18. The monoisotopic (exact) mass is 286 g/mol. The van der Waals surface area contributed by atoms with Gasteiger partial charge in [0.2, 0.25) is 0 Å². The van der Waals surface area contributed by atoms with Crippen LogP contribution in [0.4, 0.5) is 0 Å². The molecule has 1 aliphatic rings. The molecule has 21 heavy (non-hydrogen) atoms. The smallest absolute Gasteiger partial charge is 0.118 e. The summed E-state index contributed by atoms with van der Waals surface area (Å²) >= 11 is 0. The minimum Gasteiger partial charge on any atom is -0.497 e. The Labute approximate surface area is 125 Å². The number of piperazine rings is 1. The number of nitrogens with one attached hydrogen (secondary N) is 1. The van der Waals surface area contributed by atoms with Crippen LogP contribution in [-0.2, 0) is 6.54 Å². The zero-order valence-corrected chi connectivity index (χ0v) is 12.6. The summed E-state index contributed by atoms with van der Waals surface area (Å²) < 4.78 is 5.24. The first kappa shape index (κ1) is 14.1. The van der Waals surface area contributed by atoms with Crippen LogP contribution in [0.3, 0.4) is 0 Å². The maximum Gasteiger partial charge on any atom is 0.118 e. The van der Waals surface area contributed by atoms with E-state index in [1.54, 1.807) is 13.4 Å². The van der Waals surface area contributed by atoms with Gasteiger partial charge in [-0.2, -0.15) is 0 Å². The second-order valence-electron chi connectivity index (χ2n) is 5.58. The summed E-state index contributed by atoms with van der Waals surface area (Å²) in [6, 6.07) is 8.83. The number of aromatic amines is 1. The summed E-state index contributed by atoms with van der Waals surface area (Å²) in [5.41, 5.74) is 2.51. The summed E-state index contributed by atoms with van der Waals surface area (Å²) in [5.74, 6) is 0.909. The molecule has 1 aromatic carbocycles. The largest absolute Gasteiger partial charge is 0.497 e. The van der Waals surface area contributed by atoms with E-state index in [-0.39, 0.29) is 0 Å². The highest BCUT2D eigenvalue weighted by Crippen LogP contribution is 2.26. The maximum atomic E-state index is 5.24. The van der Waals surface area contributed by atoms with Crippen molar-refractivity contribution >= 4 is 0 Å². The molecular formula is C16H22N4O. The van der Waals surface area contributed by atoms with E-state index >= 15 is 0 Å². The average molecular weight is 286 g/mol. The molecule has 2 aromatic rings. The van der Waals surface area contributed by atoms with Gasteiger partial charge in [0, 0.05) is 44.1 Å². The minimum atomic E-state index is 0.424. The number of nitrogens with zero attached hydrogens (tertiary/aromatic N) is 3. The summed E-state index contributed by atoms with van der Waals surface area (Å²) in [5, 5.41) is 0. The number of H-pyrrole nitrogens is 1. The highest BCUT2D eigenvalue weighted by atomic mass is 16.5. The van der Waals surface area contributed by atoms with Crippen LogP contribution < -0.4 is 4.74 Å². The van der Waals surface area contributed by atoms with Crippen molar-refractivity contribution in [2.45, 2.75) is 12.6 Å². The van der Waals surface area contributed by atoms with E-state index in [2.05, 4.69) is 38.9 Å². The number of ether oxygens (including phenoxy) is 1. The van der Waals surface area contributed by atoms with Crippen molar-refractivity contribution in [3.05, 3.63) is 48.0 Å². The number of rotatable bonds is 4. The van der Waals surface area contributed by atoms with Crippen LogP contribution in [0.1, 0.15) is 17.3 Å². The maximum absolute atomic E-state index is 5.24. The molecule has 1 aliphatic heterocycles. The number of likely N-dealkylation sites (N-methyl/N-ethyl adjacent to an activating group) is 1. The van der Waals surface area contributed by atoms with E-state index in [9.17, 15) is 0 Å². The molecule has 0 amide bonds. The second kappa shape index (κ2) is 6.28. The molecular weight excluding hydrogens is 264 g/mol. The summed E-state index contributed by atoms with van der Waals surface area (Å²) in [7, 11) is 3.90. The van der Waals surface area contributed by atoms with E-state index in [1.165, 1.54) is 11.3 Å². The molecule has 1 fully saturated rings. The summed E-state index contributed by atoms with van der Waals surface area (Å²) in [4.78, 5) is 12.2. The Morgan fingerprint density at radius 2 is 2.10 bits per heavy atom. The molecule has 2 heterocycles. The molecule has 1 atom stereocenters. The molecule has 0 saturated carbocycles. The van der Waals surface area contributed by atoms with Crippen molar-refractivity contribution in [3.8, 4) is 5.75 Å². The first-order chi connectivity index (χ1) is 10.3. The Bertz CT molecular complexity index is 552. The van der Waals surface area contributed by atoms with Crippen LogP contribution in [0.25, 0.3) is 0 Å². The highest BCUT2D eigenvalue weighted by molar-refractivity contribution is 5.29. The Morgan fingerprint density at radius 3 is 2.76 bits per heavy atom. The SMILES string of the molecule is COc1ccc([C@H]2CN(Cc3cnc[nH]3)CCN2C)cc1. The Morgan fingerprint density at radius 1 is 1.29 bits per heavy atom. The Hall–Kier alpha value is -1.85. The Kier molecular flexibility index (Phi) is 4.22. The van der Waals surface area contributed by atoms with Crippen molar-refractivity contribution in [1.29, 1.82) is 0 Å². The lowest BCUT2D eigenvalue weighted by molar-refractivity contribution is 0.0897. The number of methoxy groups -OCH3 is 1. The lowest BCUT2D eigenvalue weighted by Crippen LogP contribution is -2.46. The lowest BCUT2D eigenvalue weighted by Gasteiger charge is -2.39. The third-order valence-corrected chi connectivity index (χ3v) is 4.18. The van der Waals surface area contributed by atoms with Gasteiger partial charge in [0.05, 0.1) is 13.4 Å². The number of hydrogen-bond donors (Lipinski definition) is 1. The fourth-order valence-electron chi connectivity index (χ4n) is 2.87. The predicted octanol–water partition coefficient (Wildman–Crippen LogP) is 1.91. The zero-order valence-electron chi connectivity index (χ0n) is 12.6. The molecule has 0 bridgehead atoms. The predicted molar refractivity (Wildman–Crippen MR) is 82.2 cm³/mol. The van der Waals surface area contributed by atoms with Crippen molar-refractivity contribution < 1.29 is 4.74 Å². The molecule has 1 N–H and O–H groups in total. The van der Waals surface area contributed by atoms with Crippen LogP contribution in [0, 0.1) is 0 Å². The van der Waals surface area contributed by atoms with E-state index < -0.39 is 0 Å². The number of hydrogen-bond acceptors (Lipinski definition) is 4. The first-order valence-electron chi connectivity index (χ1n) is 7.30. The van der Waals surface area contributed by atoms with Crippen molar-refractivity contribution in [2.24, 2.45) is 0 Å². The molecule has 0 aliphatic carbocycles. The van der Waals surface area contributed by atoms with Gasteiger partial charge < -0.3 is 9.72 Å². The molecule has 5 nitrogen and oxygen atoms in total. The second-order valence-corrected chi connectivity index (χ2v) is 5.58. The van der Waals surface area contributed by atoms with Crippen LogP contribution in [0.15, 0.2) is 36.8 Å². The van der Waals surface area contributed by atoms with Gasteiger partial charge in [-0.1, -0.05) is 12.1 Å². The van der Waals surface area contributed by atoms with Gasteiger partial charge in [0.15, 0.2) is 0 Å². The number of benzene rings is 1. The first-order valence-corrected chi connectivity index (χ1v) is 7.30. The topological polar surface area (TPSA) is 44.4 Å². The van der Waals surface area contributed by atoms with E-state index in [1.807, 2.05) is 18.3 Å². The van der Waals surface area contributed by atoms with Gasteiger partial charge in [0.25, 0.3) is 0 Å². The van der Waals surface area contributed by atoms with Gasteiger partial charge in [-0.25, -0.2) is 4.98 Å². The van der Waals surface area contributed by atoms with Crippen molar-refractivity contribution in [2.75, 3.05) is 33.8 Å². The molecule has 112 valence electrons. The van der Waals surface area contributed by atoms with Crippen LogP contribution in [0.2, 0.25) is 0 Å². The molecule has 0 spiro atoms. The standard InChI is InChI=1S/C16H22N4O/c1-19-7-8-20(10-14-9-17-12-18-14)11-16(19)13-3-5-15(21-2)6-4-13/h3-6,9,12,16H,7-8,10-11H2,1-2H3,(H,17,18)/t16-/m1/s1. The van der Waals surface area contributed by atoms with Gasteiger partial charge >= 0.3 is 0 Å². The third kappa shape index (κ3) is 3.25. The summed E-state index contributed by atoms with van der Waals surface area (Å²) in [6.07, 6.45) is 3.65. The zero-order chi connectivity index (χ0) is 14.7. The normalized spacial score (nSPS) is 20.6. The van der Waals surface area contributed by atoms with E-state index in [4.69, 9.17) is 4.74 Å². The minimum absolute atomic E-state index is 0.424. The van der Waals surface area contributed by atoms with Crippen LogP contribution >= 0.6 is 0 Å². The molecule has 0 radical (unpaired) electrons. The molecule has 1 saturated heterocycles. The lowest BCUT2D eigenvalue weighted by atomic mass is 10.0. The molecule has 0 unspecified atom stereocenters.